The molecule has 0 bridgehead atoms. The molecule has 3 aliphatic rings. The molecule has 1 aromatic rings. The number of phenols is 1. The number of carbonyl (C=O) groups is 2. The fraction of sp³-hybridized carbons (Fsp3) is 0.500. The van der Waals surface area contributed by atoms with Gasteiger partial charge in [0.15, 0.2) is 11.5 Å². The summed E-state index contributed by atoms with van der Waals surface area (Å²) in [5.41, 5.74) is 0.200. The van der Waals surface area contributed by atoms with E-state index in [1.807, 2.05) is 0 Å². The van der Waals surface area contributed by atoms with Crippen LogP contribution in [0.4, 0.5) is 0 Å². The van der Waals surface area contributed by atoms with Gasteiger partial charge in [-0.25, -0.2) is 0 Å². The first-order valence-electron chi connectivity index (χ1n) is 8.09. The highest BCUT2D eigenvalue weighted by atomic mass is 16.7. The van der Waals surface area contributed by atoms with E-state index in [2.05, 4.69) is 10.6 Å². The lowest BCUT2D eigenvalue weighted by Crippen LogP contribution is -2.69. The van der Waals surface area contributed by atoms with Crippen molar-refractivity contribution in [1.82, 2.24) is 10.6 Å². The fourth-order valence-electron chi connectivity index (χ4n) is 4.02. The maximum atomic E-state index is 12.5. The minimum absolute atomic E-state index is 0.0327. The molecular formula is C16H18N2O8. The van der Waals surface area contributed by atoms with Gasteiger partial charge in [0.05, 0.1) is 17.6 Å². The molecule has 10 nitrogen and oxygen atoms in total. The van der Waals surface area contributed by atoms with Crippen molar-refractivity contribution < 1.29 is 39.5 Å². The standard InChI is InChI=1S/C16H18N2O8/c1-4(19)17-9-7-5-2-6-15(26-3-25-6)11(20)8(5)16(24)18-10(7)13(22)14(23)12(9)21/h2,7,9-10,12-14,20-23H,3H2,1H3,(H,17,19)(H,18,24)/t7?,9?,10-,12+,13?,14?/m1/s1. The number of aromatic hydroxyl groups is 1. The molecule has 1 saturated carbocycles. The van der Waals surface area contributed by atoms with Crippen LogP contribution in [0.2, 0.25) is 0 Å². The van der Waals surface area contributed by atoms with Crippen LogP contribution in [0, 0.1) is 0 Å². The third-order valence-electron chi connectivity index (χ3n) is 5.13. The van der Waals surface area contributed by atoms with Gasteiger partial charge in [-0.05, 0) is 11.6 Å². The monoisotopic (exact) mass is 366 g/mol. The lowest BCUT2D eigenvalue weighted by atomic mass is 9.69. The van der Waals surface area contributed by atoms with E-state index in [4.69, 9.17) is 9.47 Å². The zero-order valence-corrected chi connectivity index (χ0v) is 13.7. The van der Waals surface area contributed by atoms with E-state index in [9.17, 15) is 30.0 Å². The SMILES string of the molecule is CC(=O)NC1C2c3cc4c(c(O)c3C(=O)N[C@H]2C(O)C(O)[C@H]1O)OCO4. The number of phenolic OH excluding ortho intramolecular Hbond substituents is 1. The van der Waals surface area contributed by atoms with Gasteiger partial charge in [-0.1, -0.05) is 0 Å². The Kier molecular flexibility index (Phi) is 3.72. The molecule has 6 atom stereocenters. The Balaban J connectivity index is 1.90. The number of hydrogen-bond acceptors (Lipinski definition) is 8. The van der Waals surface area contributed by atoms with Gasteiger partial charge in [0, 0.05) is 12.8 Å². The zero-order chi connectivity index (χ0) is 18.7. The number of aliphatic hydroxyl groups excluding tert-OH is 3. The van der Waals surface area contributed by atoms with Gasteiger partial charge >= 0.3 is 0 Å². The van der Waals surface area contributed by atoms with E-state index in [1.54, 1.807) is 0 Å². The Hall–Kier alpha value is -2.56. The predicted octanol–water partition coefficient (Wildman–Crippen LogP) is -2.08. The first-order chi connectivity index (χ1) is 12.3. The molecule has 0 radical (unpaired) electrons. The van der Waals surface area contributed by atoms with Crippen molar-refractivity contribution in [2.75, 3.05) is 6.79 Å². The second-order valence-electron chi connectivity index (χ2n) is 6.65. The predicted molar refractivity (Wildman–Crippen MR) is 83.9 cm³/mol. The maximum Gasteiger partial charge on any atom is 0.255 e. The third-order valence-corrected chi connectivity index (χ3v) is 5.13. The van der Waals surface area contributed by atoms with E-state index in [-0.39, 0.29) is 29.4 Å². The number of benzene rings is 1. The van der Waals surface area contributed by atoms with Crippen molar-refractivity contribution in [3.8, 4) is 17.2 Å². The number of fused-ring (bicyclic) bond motifs is 4. The third kappa shape index (κ3) is 2.23. The van der Waals surface area contributed by atoms with Gasteiger partial charge in [0.25, 0.3) is 5.91 Å². The molecule has 1 aliphatic carbocycles. The molecule has 0 saturated heterocycles. The smallest absolute Gasteiger partial charge is 0.255 e. The van der Waals surface area contributed by atoms with Crippen LogP contribution < -0.4 is 20.1 Å². The molecule has 1 aromatic carbocycles. The van der Waals surface area contributed by atoms with Crippen LogP contribution in [0.1, 0.15) is 28.8 Å². The lowest BCUT2D eigenvalue weighted by molar-refractivity contribution is -0.133. The summed E-state index contributed by atoms with van der Waals surface area (Å²) in [6.07, 6.45) is -4.52. The number of hydrogen-bond donors (Lipinski definition) is 6. The Morgan fingerprint density at radius 2 is 1.96 bits per heavy atom. The Morgan fingerprint density at radius 3 is 2.65 bits per heavy atom. The van der Waals surface area contributed by atoms with Gasteiger partial charge < -0.3 is 40.5 Å². The molecular weight excluding hydrogens is 348 g/mol. The van der Waals surface area contributed by atoms with Crippen molar-refractivity contribution in [1.29, 1.82) is 0 Å². The van der Waals surface area contributed by atoms with E-state index < -0.39 is 53.9 Å². The number of nitrogens with one attached hydrogen (secondary N) is 2. The average Bonchev–Trinajstić information content (AvgIpc) is 3.05. The first-order valence-corrected chi connectivity index (χ1v) is 8.09. The van der Waals surface area contributed by atoms with Gasteiger partial charge in [-0.3, -0.25) is 9.59 Å². The zero-order valence-electron chi connectivity index (χ0n) is 13.7. The molecule has 0 aromatic heterocycles. The molecule has 140 valence electrons. The highest BCUT2D eigenvalue weighted by molar-refractivity contribution is 6.01. The molecule has 6 N–H and O–H groups in total. The van der Waals surface area contributed by atoms with Crippen LogP contribution >= 0.6 is 0 Å². The normalized spacial score (nSPS) is 34.5. The van der Waals surface area contributed by atoms with E-state index >= 15 is 0 Å². The van der Waals surface area contributed by atoms with Crippen LogP contribution in [0.15, 0.2) is 6.07 Å². The second-order valence-corrected chi connectivity index (χ2v) is 6.65. The molecule has 4 unspecified atom stereocenters. The van der Waals surface area contributed by atoms with Gasteiger partial charge in [-0.2, -0.15) is 0 Å². The van der Waals surface area contributed by atoms with Crippen molar-refractivity contribution in [2.24, 2.45) is 0 Å². The first kappa shape index (κ1) is 16.9. The number of ether oxygens (including phenoxy) is 2. The molecule has 0 spiro atoms. The van der Waals surface area contributed by atoms with E-state index in [0.717, 1.165) is 0 Å². The van der Waals surface area contributed by atoms with Crippen LogP contribution in [0.3, 0.4) is 0 Å². The number of aliphatic hydroxyl groups is 3. The number of carbonyl (C=O) groups excluding carboxylic acids is 2. The number of amides is 2. The van der Waals surface area contributed by atoms with E-state index in [0.29, 0.717) is 0 Å². The summed E-state index contributed by atoms with van der Waals surface area (Å²) < 4.78 is 10.4. The summed E-state index contributed by atoms with van der Waals surface area (Å²) in [4.78, 5) is 24.1. The van der Waals surface area contributed by atoms with E-state index in [1.165, 1.54) is 13.0 Å². The highest BCUT2D eigenvalue weighted by Crippen LogP contribution is 2.50. The maximum absolute atomic E-state index is 12.5. The summed E-state index contributed by atoms with van der Waals surface area (Å²) in [6, 6.07) is -0.500. The quantitative estimate of drug-likeness (QED) is 0.330. The summed E-state index contributed by atoms with van der Waals surface area (Å²) in [5.74, 6) is -2.10. The largest absolute Gasteiger partial charge is 0.504 e. The topological polar surface area (TPSA) is 158 Å². The fourth-order valence-corrected chi connectivity index (χ4v) is 4.02. The van der Waals surface area contributed by atoms with Crippen LogP contribution in [0.25, 0.3) is 0 Å². The highest BCUT2D eigenvalue weighted by Gasteiger charge is 2.54. The Labute approximate surface area is 147 Å². The van der Waals surface area contributed by atoms with Gasteiger partial charge in [0.1, 0.15) is 18.3 Å². The van der Waals surface area contributed by atoms with Crippen molar-refractivity contribution >= 4 is 11.8 Å². The summed E-state index contributed by atoms with van der Waals surface area (Å²) in [5, 5.41) is 46.4. The van der Waals surface area contributed by atoms with Crippen LogP contribution in [0.5, 0.6) is 17.2 Å². The van der Waals surface area contributed by atoms with Crippen LogP contribution in [-0.2, 0) is 4.79 Å². The Bertz CT molecular complexity index is 797. The van der Waals surface area contributed by atoms with Crippen molar-refractivity contribution in [3.63, 3.8) is 0 Å². The van der Waals surface area contributed by atoms with Gasteiger partial charge in [0.2, 0.25) is 18.4 Å². The summed E-state index contributed by atoms with van der Waals surface area (Å²) in [6.45, 7) is 1.12. The van der Waals surface area contributed by atoms with Crippen molar-refractivity contribution in [2.45, 2.75) is 43.2 Å². The molecule has 2 heterocycles. The summed E-state index contributed by atoms with van der Waals surface area (Å²) in [7, 11) is 0. The second kappa shape index (κ2) is 5.73. The molecule has 26 heavy (non-hydrogen) atoms. The minimum Gasteiger partial charge on any atom is -0.504 e. The minimum atomic E-state index is -1.57. The molecule has 2 aliphatic heterocycles. The van der Waals surface area contributed by atoms with Gasteiger partial charge in [-0.15, -0.1) is 0 Å². The van der Waals surface area contributed by atoms with Crippen LogP contribution in [-0.4, -0.2) is 69.4 Å². The van der Waals surface area contributed by atoms with Crippen molar-refractivity contribution in [3.05, 3.63) is 17.2 Å². The summed E-state index contributed by atoms with van der Waals surface area (Å²) >= 11 is 0. The molecule has 10 heteroatoms. The molecule has 4 rings (SSSR count). The Morgan fingerprint density at radius 1 is 1.23 bits per heavy atom. The number of rotatable bonds is 1. The molecule has 2 amide bonds. The molecule has 1 fully saturated rings. The average molecular weight is 366 g/mol. The lowest BCUT2D eigenvalue weighted by Gasteiger charge is -2.49.